The minimum Gasteiger partial charge on any atom is -0.493 e. The Labute approximate surface area is 263 Å². The van der Waals surface area contributed by atoms with Gasteiger partial charge in [0.1, 0.15) is 18.2 Å². The van der Waals surface area contributed by atoms with Crippen LogP contribution in [0.4, 0.5) is 14.5 Å². The molecule has 0 radical (unpaired) electrons. The van der Waals surface area contributed by atoms with E-state index in [1.54, 1.807) is 29.2 Å². The molecule has 5 nitrogen and oxygen atoms in total. The first-order valence-electron chi connectivity index (χ1n) is 15.5. The predicted molar refractivity (Wildman–Crippen MR) is 169 cm³/mol. The molecule has 2 aliphatic rings. The third kappa shape index (κ3) is 6.85. The van der Waals surface area contributed by atoms with Gasteiger partial charge in [-0.2, -0.15) is 0 Å². The van der Waals surface area contributed by atoms with Crippen LogP contribution >= 0.6 is 0 Å². The highest BCUT2D eigenvalue weighted by molar-refractivity contribution is 6.03. The summed E-state index contributed by atoms with van der Waals surface area (Å²) in [6.45, 7) is 3.51. The normalized spacial score (nSPS) is 19.7. The average molecular weight is 610 g/mol. The van der Waals surface area contributed by atoms with E-state index in [1.165, 1.54) is 24.3 Å². The molecule has 4 aromatic carbocycles. The highest BCUT2D eigenvalue weighted by atomic mass is 19.1. The molecule has 2 heterocycles. The molecule has 2 fully saturated rings. The number of β-lactam (4-membered cyclic amide) rings is 1. The number of halogens is 2. The van der Waals surface area contributed by atoms with Gasteiger partial charge >= 0.3 is 0 Å². The lowest BCUT2D eigenvalue weighted by atomic mass is 9.77. The van der Waals surface area contributed by atoms with Gasteiger partial charge in [-0.3, -0.25) is 4.79 Å². The first kappa shape index (κ1) is 30.7. The number of amides is 1. The first-order chi connectivity index (χ1) is 22.0. The van der Waals surface area contributed by atoms with Crippen LogP contribution in [-0.2, 0) is 37.8 Å². The molecule has 2 saturated heterocycles. The van der Waals surface area contributed by atoms with Gasteiger partial charge in [-0.1, -0.05) is 66.7 Å². The van der Waals surface area contributed by atoms with E-state index in [1.807, 2.05) is 43.3 Å². The van der Waals surface area contributed by atoms with Gasteiger partial charge in [0.15, 0.2) is 5.79 Å². The smallest absolute Gasteiger partial charge is 0.233 e. The second-order valence-corrected chi connectivity index (χ2v) is 11.5. The number of benzene rings is 4. The van der Waals surface area contributed by atoms with Gasteiger partial charge in [-0.25, -0.2) is 8.78 Å². The molecule has 0 aromatic heterocycles. The number of nitrogens with zero attached hydrogens (tertiary/aromatic N) is 1. The summed E-state index contributed by atoms with van der Waals surface area (Å²) in [4.78, 5) is 15.4. The molecule has 7 heteroatoms. The molecule has 2 atom stereocenters. The van der Waals surface area contributed by atoms with Crippen LogP contribution in [-0.4, -0.2) is 19.1 Å². The van der Waals surface area contributed by atoms with E-state index >= 15 is 0 Å². The molecule has 0 N–H and O–H groups in total. The standard InChI is InChI=1S/C38H37F2NO4/c1-2-34(43-26-28-7-4-3-5-8-28)25-27-9-11-29(12-10-27)36-35(37(42)41(36)33-19-17-32(40)18-20-33)21-22-38(44-23-6-24-45-38)30-13-15-31(39)16-14-30/h2-5,7-20,35-36H,6,21-26H2,1H3/b34-2-/t35-,36-/m1/s1. The maximum Gasteiger partial charge on any atom is 0.233 e. The highest BCUT2D eigenvalue weighted by Crippen LogP contribution is 2.48. The van der Waals surface area contributed by atoms with Crippen molar-refractivity contribution in [2.75, 3.05) is 18.1 Å². The molecule has 1 amide bonds. The van der Waals surface area contributed by atoms with E-state index < -0.39 is 5.79 Å². The zero-order chi connectivity index (χ0) is 31.2. The van der Waals surface area contributed by atoms with Crippen molar-refractivity contribution in [2.45, 2.75) is 51.0 Å². The van der Waals surface area contributed by atoms with Gasteiger partial charge < -0.3 is 19.1 Å². The number of anilines is 1. The van der Waals surface area contributed by atoms with Crippen molar-refractivity contribution in [3.05, 3.63) is 149 Å². The van der Waals surface area contributed by atoms with E-state index in [4.69, 9.17) is 14.2 Å². The molecule has 0 unspecified atom stereocenters. The number of carbonyl (C=O) groups excluding carboxylic acids is 1. The molecule has 6 rings (SSSR count). The molecule has 0 spiro atoms. The average Bonchev–Trinajstić information content (AvgIpc) is 3.08. The van der Waals surface area contributed by atoms with Crippen LogP contribution in [0.1, 0.15) is 54.5 Å². The molecule has 2 aliphatic heterocycles. The van der Waals surface area contributed by atoms with Crippen LogP contribution in [0.2, 0.25) is 0 Å². The molecule has 232 valence electrons. The minimum absolute atomic E-state index is 0.0359. The lowest BCUT2D eigenvalue weighted by Crippen LogP contribution is -2.55. The predicted octanol–water partition coefficient (Wildman–Crippen LogP) is 8.40. The van der Waals surface area contributed by atoms with Crippen molar-refractivity contribution in [2.24, 2.45) is 5.92 Å². The summed E-state index contributed by atoms with van der Waals surface area (Å²) in [7, 11) is 0. The molecule has 45 heavy (non-hydrogen) atoms. The Morgan fingerprint density at radius 2 is 1.51 bits per heavy atom. The summed E-state index contributed by atoms with van der Waals surface area (Å²) in [5.74, 6) is -1.22. The van der Waals surface area contributed by atoms with Crippen LogP contribution in [0.25, 0.3) is 0 Å². The second kappa shape index (κ2) is 13.8. The fourth-order valence-electron chi connectivity index (χ4n) is 6.20. The fourth-order valence-corrected chi connectivity index (χ4v) is 6.20. The third-order valence-electron chi connectivity index (χ3n) is 8.63. The van der Waals surface area contributed by atoms with E-state index in [9.17, 15) is 13.6 Å². The van der Waals surface area contributed by atoms with Crippen molar-refractivity contribution < 1.29 is 27.8 Å². The highest BCUT2D eigenvalue weighted by Gasteiger charge is 2.50. The van der Waals surface area contributed by atoms with E-state index in [0.29, 0.717) is 44.8 Å². The van der Waals surface area contributed by atoms with Crippen molar-refractivity contribution >= 4 is 11.6 Å². The Kier molecular flexibility index (Phi) is 9.38. The summed E-state index contributed by atoms with van der Waals surface area (Å²) in [5.41, 5.74) is 4.58. The number of rotatable bonds is 11. The molecular weight excluding hydrogens is 572 g/mol. The Bertz CT molecular complexity index is 1600. The quantitative estimate of drug-likeness (QED) is 0.127. The zero-order valence-electron chi connectivity index (χ0n) is 25.3. The summed E-state index contributed by atoms with van der Waals surface area (Å²) in [6.07, 6.45) is 4.33. The maximum absolute atomic E-state index is 13.8. The summed E-state index contributed by atoms with van der Waals surface area (Å²) in [6, 6.07) is 30.3. The number of ether oxygens (including phenoxy) is 3. The monoisotopic (exact) mass is 609 g/mol. The third-order valence-corrected chi connectivity index (χ3v) is 8.63. The lowest BCUT2D eigenvalue weighted by Gasteiger charge is -2.49. The lowest BCUT2D eigenvalue weighted by molar-refractivity contribution is -0.281. The van der Waals surface area contributed by atoms with E-state index in [-0.39, 0.29) is 29.5 Å². The van der Waals surface area contributed by atoms with Crippen LogP contribution in [0.15, 0.2) is 115 Å². The van der Waals surface area contributed by atoms with Crippen LogP contribution < -0.4 is 4.90 Å². The fraction of sp³-hybridized carbons (Fsp3) is 0.289. The topological polar surface area (TPSA) is 48.0 Å². The van der Waals surface area contributed by atoms with Gasteiger partial charge in [-0.05, 0) is 78.9 Å². The van der Waals surface area contributed by atoms with Gasteiger partial charge in [-0.15, -0.1) is 0 Å². The minimum atomic E-state index is -1.04. The molecular formula is C38H37F2NO4. The molecule has 0 aliphatic carbocycles. The van der Waals surface area contributed by atoms with Crippen LogP contribution in [0, 0.1) is 17.6 Å². The largest absolute Gasteiger partial charge is 0.493 e. The Morgan fingerprint density at radius 1 is 0.867 bits per heavy atom. The molecule has 0 bridgehead atoms. The Balaban J connectivity index is 1.21. The van der Waals surface area contributed by atoms with E-state index in [2.05, 4.69) is 24.3 Å². The molecule has 4 aromatic rings. The summed E-state index contributed by atoms with van der Waals surface area (Å²) < 4.78 is 46.0. The van der Waals surface area contributed by atoms with Gasteiger partial charge in [0.05, 0.1) is 30.9 Å². The van der Waals surface area contributed by atoms with Crippen molar-refractivity contribution in [3.63, 3.8) is 0 Å². The van der Waals surface area contributed by atoms with Gasteiger partial charge in [0.25, 0.3) is 0 Å². The van der Waals surface area contributed by atoms with Crippen LogP contribution in [0.5, 0.6) is 0 Å². The number of hydrogen-bond donors (Lipinski definition) is 0. The zero-order valence-corrected chi connectivity index (χ0v) is 25.3. The van der Waals surface area contributed by atoms with Gasteiger partial charge in [0, 0.05) is 24.1 Å². The Morgan fingerprint density at radius 3 is 2.16 bits per heavy atom. The molecule has 0 saturated carbocycles. The maximum atomic E-state index is 13.8. The first-order valence-corrected chi connectivity index (χ1v) is 15.5. The van der Waals surface area contributed by atoms with Gasteiger partial charge in [0.2, 0.25) is 5.91 Å². The number of allylic oxidation sites excluding steroid dienone is 2. The van der Waals surface area contributed by atoms with Crippen LogP contribution in [0.3, 0.4) is 0 Å². The Hall–Kier alpha value is -4.33. The summed E-state index contributed by atoms with van der Waals surface area (Å²) >= 11 is 0. The summed E-state index contributed by atoms with van der Waals surface area (Å²) in [5, 5.41) is 0. The number of hydrogen-bond acceptors (Lipinski definition) is 4. The second-order valence-electron chi connectivity index (χ2n) is 11.5. The van der Waals surface area contributed by atoms with Crippen molar-refractivity contribution in [1.82, 2.24) is 0 Å². The van der Waals surface area contributed by atoms with E-state index in [0.717, 1.165) is 34.4 Å². The van der Waals surface area contributed by atoms with Crippen molar-refractivity contribution in [3.8, 4) is 0 Å². The SMILES string of the molecule is C/C=C(/Cc1ccc([C@@H]2[C@@H](CCC3(c4ccc(F)cc4)OCCCO3)C(=O)N2c2ccc(F)cc2)cc1)OCc1ccccc1. The van der Waals surface area contributed by atoms with Crippen molar-refractivity contribution in [1.29, 1.82) is 0 Å². The number of carbonyl (C=O) groups is 1.